The molecule has 4 rings (SSSR count). The van der Waals surface area contributed by atoms with Crippen molar-refractivity contribution in [1.29, 1.82) is 0 Å². The summed E-state index contributed by atoms with van der Waals surface area (Å²) in [4.78, 5) is 57.4. The van der Waals surface area contributed by atoms with Crippen LogP contribution in [0, 0.1) is 11.8 Å². The van der Waals surface area contributed by atoms with Crippen LogP contribution in [0.25, 0.3) is 0 Å². The number of alkyl halides is 1. The minimum Gasteiger partial charge on any atom is -0.455 e. The van der Waals surface area contributed by atoms with Crippen LogP contribution in [0.1, 0.15) is 57.1 Å². The minimum absolute atomic E-state index is 0.0531. The first-order chi connectivity index (χ1) is 21.2. The molecule has 1 spiro atoms. The van der Waals surface area contributed by atoms with E-state index in [1.54, 1.807) is 17.1 Å². The maximum Gasteiger partial charge on any atom is 0.313 e. The molecule has 1 unspecified atom stereocenters. The molecule has 3 aliphatic heterocycles. The van der Waals surface area contributed by atoms with Gasteiger partial charge in [0.1, 0.15) is 17.7 Å². The topological polar surface area (TPSA) is 125 Å². The number of benzene rings is 1. The van der Waals surface area contributed by atoms with Gasteiger partial charge in [0.25, 0.3) is 0 Å². The first kappa shape index (κ1) is 33.9. The van der Waals surface area contributed by atoms with Gasteiger partial charge >= 0.3 is 5.97 Å². The minimum atomic E-state index is -1.25. The lowest BCUT2D eigenvalue weighted by Gasteiger charge is -2.37. The summed E-state index contributed by atoms with van der Waals surface area (Å²) in [6, 6.07) is 8.11. The van der Waals surface area contributed by atoms with E-state index in [2.05, 4.69) is 41.3 Å². The molecule has 0 saturated carbocycles. The lowest BCUT2D eigenvalue weighted by atomic mass is 9.70. The molecule has 2 bridgehead atoms. The number of carbonyl (C=O) groups excluding carboxylic acids is 4. The number of halogens is 1. The molecule has 3 aliphatic rings. The van der Waals surface area contributed by atoms with Gasteiger partial charge in [-0.3, -0.25) is 19.2 Å². The van der Waals surface area contributed by atoms with Crippen LogP contribution < -0.4 is 5.32 Å². The van der Waals surface area contributed by atoms with Crippen molar-refractivity contribution in [1.82, 2.24) is 15.1 Å². The smallest absolute Gasteiger partial charge is 0.313 e. The number of allylic oxidation sites excluding steroid dienone is 1. The molecule has 3 heterocycles. The van der Waals surface area contributed by atoms with Gasteiger partial charge in [-0.2, -0.15) is 0 Å². The Bertz CT molecular complexity index is 1210. The number of β-amino-alcohol motifs (C(OH)–C–C–N with tert-alkyl or cyclic N) is 1. The lowest BCUT2D eigenvalue weighted by molar-refractivity contribution is -0.160. The highest BCUT2D eigenvalue weighted by Crippen LogP contribution is 2.60. The van der Waals surface area contributed by atoms with Crippen LogP contribution in [0.15, 0.2) is 55.6 Å². The van der Waals surface area contributed by atoms with Gasteiger partial charge in [-0.15, -0.1) is 13.2 Å². The van der Waals surface area contributed by atoms with E-state index < -0.39 is 47.6 Å². The Morgan fingerprint density at radius 1 is 1.25 bits per heavy atom. The lowest BCUT2D eigenvalue weighted by Crippen LogP contribution is -2.57. The summed E-state index contributed by atoms with van der Waals surface area (Å²) in [5.74, 6) is -3.42. The summed E-state index contributed by atoms with van der Waals surface area (Å²) in [6.07, 6.45) is 5.72. The number of esters is 1. The molecule has 7 atom stereocenters. The monoisotopic (exact) mass is 673 g/mol. The second-order valence-electron chi connectivity index (χ2n) is 11.7. The fourth-order valence-electron chi connectivity index (χ4n) is 6.84. The van der Waals surface area contributed by atoms with Crippen LogP contribution >= 0.6 is 15.9 Å². The SMILES string of the molecule is C=CCCC(=O)NC[C@H](OC(=O)[C@@H]1[C@H]2O[C@@]3(CC2Br)[C@H](C(=O)N(CC=C)CCCCC)N(CCO)C(=O)[C@@H]13)c1ccccc1. The molecule has 3 fully saturated rings. The standard InChI is InChI=1S/C33H44BrN3O7/c1-4-7-12-17-36(16-6-3)31(41)29-33-20-23(34)28(44-33)26(27(33)30(40)37(29)18-19-38)32(42)43-24(22-13-10-9-11-14-22)21-35-25(39)15-8-5-2/h5-6,9-11,13-14,23-24,26-29,38H,2-4,7-8,12,15-21H2,1H3,(H,35,39)/t23?,24-,26-,27+,28-,29-,33+/m0/s1. The van der Waals surface area contributed by atoms with Crippen molar-refractivity contribution in [3.05, 3.63) is 61.2 Å². The molecule has 44 heavy (non-hydrogen) atoms. The zero-order valence-corrected chi connectivity index (χ0v) is 27.0. The van der Waals surface area contributed by atoms with E-state index in [4.69, 9.17) is 9.47 Å². The number of aliphatic hydroxyl groups is 1. The van der Waals surface area contributed by atoms with Crippen LogP contribution in [-0.2, 0) is 28.7 Å². The third-order valence-electron chi connectivity index (χ3n) is 8.82. The summed E-state index contributed by atoms with van der Waals surface area (Å²) in [7, 11) is 0. The highest BCUT2D eigenvalue weighted by Gasteiger charge is 2.77. The van der Waals surface area contributed by atoms with E-state index in [-0.39, 0.29) is 42.8 Å². The molecule has 3 saturated heterocycles. The Morgan fingerprint density at radius 2 is 2.00 bits per heavy atom. The number of hydrogen-bond acceptors (Lipinski definition) is 7. The predicted octanol–water partition coefficient (Wildman–Crippen LogP) is 3.30. The zero-order valence-electron chi connectivity index (χ0n) is 25.4. The largest absolute Gasteiger partial charge is 0.455 e. The van der Waals surface area contributed by atoms with Gasteiger partial charge < -0.3 is 29.7 Å². The Hall–Kier alpha value is -3.02. The average molecular weight is 675 g/mol. The summed E-state index contributed by atoms with van der Waals surface area (Å²) >= 11 is 3.68. The number of hydrogen-bond donors (Lipinski definition) is 2. The fourth-order valence-corrected chi connectivity index (χ4v) is 7.78. The van der Waals surface area contributed by atoms with Crippen molar-refractivity contribution in [3.8, 4) is 0 Å². The third kappa shape index (κ3) is 6.79. The Kier molecular flexibility index (Phi) is 11.8. The molecule has 0 aromatic heterocycles. The predicted molar refractivity (Wildman–Crippen MR) is 169 cm³/mol. The number of nitrogens with zero attached hydrogens (tertiary/aromatic N) is 2. The van der Waals surface area contributed by atoms with E-state index in [1.165, 1.54) is 4.90 Å². The molecule has 0 aliphatic carbocycles. The van der Waals surface area contributed by atoms with Gasteiger partial charge in [0, 0.05) is 30.9 Å². The number of rotatable bonds is 17. The molecule has 0 radical (unpaired) electrons. The fraction of sp³-hybridized carbons (Fsp3) is 0.576. The van der Waals surface area contributed by atoms with Gasteiger partial charge in [0.15, 0.2) is 0 Å². The molecular weight excluding hydrogens is 630 g/mol. The first-order valence-corrected chi connectivity index (χ1v) is 16.4. The van der Waals surface area contributed by atoms with Gasteiger partial charge in [-0.1, -0.05) is 78.2 Å². The van der Waals surface area contributed by atoms with E-state index in [9.17, 15) is 24.3 Å². The van der Waals surface area contributed by atoms with Crippen LogP contribution in [0.5, 0.6) is 0 Å². The van der Waals surface area contributed by atoms with Gasteiger partial charge in [0.05, 0.1) is 31.1 Å². The molecule has 10 nitrogen and oxygen atoms in total. The number of carbonyl (C=O) groups is 4. The second kappa shape index (κ2) is 15.3. The van der Waals surface area contributed by atoms with E-state index in [0.717, 1.165) is 19.3 Å². The van der Waals surface area contributed by atoms with E-state index in [0.29, 0.717) is 31.5 Å². The summed E-state index contributed by atoms with van der Waals surface area (Å²) in [6.45, 7) is 10.0. The Labute approximate surface area is 267 Å². The molecule has 1 aromatic rings. The average Bonchev–Trinajstić information content (AvgIpc) is 3.61. The number of fused-ring (bicyclic) bond motifs is 1. The van der Waals surface area contributed by atoms with Crippen LogP contribution in [0.4, 0.5) is 0 Å². The second-order valence-corrected chi connectivity index (χ2v) is 12.8. The molecular formula is C33H44BrN3O7. The number of ether oxygens (including phenoxy) is 2. The third-order valence-corrected chi connectivity index (χ3v) is 9.66. The molecule has 2 N–H and O–H groups in total. The number of unbranched alkanes of at least 4 members (excludes halogenated alkanes) is 2. The summed E-state index contributed by atoms with van der Waals surface area (Å²) in [5.41, 5.74) is -0.559. The van der Waals surface area contributed by atoms with Crippen molar-refractivity contribution in [2.75, 3.05) is 32.8 Å². The van der Waals surface area contributed by atoms with Gasteiger partial charge in [0.2, 0.25) is 17.7 Å². The maximum absolute atomic E-state index is 14.2. The van der Waals surface area contributed by atoms with Crippen LogP contribution in [0.2, 0.25) is 0 Å². The van der Waals surface area contributed by atoms with E-state index >= 15 is 0 Å². The molecule has 11 heteroatoms. The summed E-state index contributed by atoms with van der Waals surface area (Å²) < 4.78 is 12.6. The van der Waals surface area contributed by atoms with Crippen LogP contribution in [0.3, 0.4) is 0 Å². The number of aliphatic hydroxyl groups excluding tert-OH is 1. The van der Waals surface area contributed by atoms with E-state index in [1.807, 2.05) is 30.3 Å². The highest BCUT2D eigenvalue weighted by atomic mass is 79.9. The zero-order chi connectivity index (χ0) is 31.9. The molecule has 240 valence electrons. The van der Waals surface area contributed by atoms with Crippen molar-refractivity contribution in [2.24, 2.45) is 11.8 Å². The van der Waals surface area contributed by atoms with Crippen molar-refractivity contribution in [3.63, 3.8) is 0 Å². The molecule has 3 amide bonds. The quantitative estimate of drug-likeness (QED) is 0.113. The Balaban J connectivity index is 1.62. The van der Waals surface area contributed by atoms with Crippen molar-refractivity contribution >= 4 is 39.6 Å². The van der Waals surface area contributed by atoms with Gasteiger partial charge in [-0.05, 0) is 24.8 Å². The maximum atomic E-state index is 14.2. The first-order valence-electron chi connectivity index (χ1n) is 15.5. The number of amides is 3. The van der Waals surface area contributed by atoms with Crippen molar-refractivity contribution < 1.29 is 33.8 Å². The molecule has 1 aromatic carbocycles. The van der Waals surface area contributed by atoms with Crippen molar-refractivity contribution in [2.45, 2.75) is 74.1 Å². The number of nitrogens with one attached hydrogen (secondary N) is 1. The van der Waals surface area contributed by atoms with Crippen LogP contribution in [-0.4, -0.2) is 94.0 Å². The summed E-state index contributed by atoms with van der Waals surface area (Å²) in [5, 5.41) is 12.7. The Morgan fingerprint density at radius 3 is 2.66 bits per heavy atom. The van der Waals surface area contributed by atoms with Gasteiger partial charge in [-0.25, -0.2) is 0 Å². The highest BCUT2D eigenvalue weighted by molar-refractivity contribution is 9.09. The normalized spacial score (nSPS) is 27.5. The number of likely N-dealkylation sites (tertiary alicyclic amines) is 1.